The molecule has 0 aliphatic heterocycles. The van der Waals surface area contributed by atoms with Gasteiger partial charge in [-0.2, -0.15) is 0 Å². The van der Waals surface area contributed by atoms with Gasteiger partial charge in [0, 0.05) is 11.4 Å². The van der Waals surface area contributed by atoms with E-state index in [1.54, 1.807) is 7.11 Å². The summed E-state index contributed by atoms with van der Waals surface area (Å²) in [6.45, 7) is 7.87. The van der Waals surface area contributed by atoms with Crippen LogP contribution < -0.4 is 9.46 Å². The maximum atomic E-state index is 11.9. The first kappa shape index (κ1) is 14.4. The molecule has 0 amide bonds. The number of nitrogens with one attached hydrogen (secondary N) is 1. The maximum absolute atomic E-state index is 11.9. The van der Waals surface area contributed by atoms with Crippen LogP contribution in [-0.2, 0) is 11.4 Å². The summed E-state index contributed by atoms with van der Waals surface area (Å²) in [5.41, 5.74) is 1.10. The van der Waals surface area contributed by atoms with Gasteiger partial charge >= 0.3 is 0 Å². The lowest BCUT2D eigenvalue weighted by molar-refractivity contribution is 0.414. The monoisotopic (exact) mass is 255 g/mol. The summed E-state index contributed by atoms with van der Waals surface area (Å²) in [6.07, 6.45) is 0. The molecule has 0 bridgehead atoms. The van der Waals surface area contributed by atoms with Crippen molar-refractivity contribution in [2.75, 3.05) is 7.11 Å². The predicted octanol–water partition coefficient (Wildman–Crippen LogP) is 2.81. The van der Waals surface area contributed by atoms with Crippen LogP contribution in [0.5, 0.6) is 5.75 Å². The van der Waals surface area contributed by atoms with Crippen molar-refractivity contribution in [3.8, 4) is 5.75 Å². The average molecular weight is 255 g/mol. The molecule has 0 aliphatic rings. The molecule has 0 spiro atoms. The first-order valence-electron chi connectivity index (χ1n) is 5.66. The Morgan fingerprint density at radius 2 is 1.76 bits per heavy atom. The van der Waals surface area contributed by atoms with Crippen LogP contribution in [0.4, 0.5) is 0 Å². The topological polar surface area (TPSA) is 44.3 Å². The van der Waals surface area contributed by atoms with Crippen LogP contribution in [0.15, 0.2) is 24.3 Å². The molecule has 96 valence electrons. The molecular weight excluding hydrogens is 234 g/mol. The highest BCUT2D eigenvalue weighted by molar-refractivity contribution is 7.90. The van der Waals surface area contributed by atoms with Crippen molar-refractivity contribution in [2.24, 2.45) is 0 Å². The summed E-state index contributed by atoms with van der Waals surface area (Å²) in [5.74, 6) is 0.831. The molecule has 1 rings (SSSR count). The van der Waals surface area contributed by atoms with Gasteiger partial charge in [-0.3, -0.25) is 0 Å². The van der Waals surface area contributed by atoms with Gasteiger partial charge in [0.05, 0.1) is 13.2 Å². The molecule has 0 heterocycles. The summed E-state index contributed by atoms with van der Waals surface area (Å²) < 4.78 is 19.9. The molecular formula is C13H21NO2S. The Balaban J connectivity index is 2.66. The number of hydrogen-bond acceptors (Lipinski definition) is 3. The number of benzene rings is 1. The Morgan fingerprint density at radius 3 is 2.18 bits per heavy atom. The van der Waals surface area contributed by atoms with E-state index >= 15 is 0 Å². The van der Waals surface area contributed by atoms with Gasteiger partial charge in [0.2, 0.25) is 0 Å². The SMILES string of the molecule is COc1ccc(C(C)N[S@+]([O-])C(C)(C)C)cc1. The van der Waals surface area contributed by atoms with E-state index in [1.807, 2.05) is 52.0 Å². The van der Waals surface area contributed by atoms with Gasteiger partial charge in [-0.25, -0.2) is 0 Å². The van der Waals surface area contributed by atoms with E-state index in [0.29, 0.717) is 0 Å². The zero-order valence-corrected chi connectivity index (χ0v) is 11.9. The van der Waals surface area contributed by atoms with Crippen LogP contribution >= 0.6 is 0 Å². The fourth-order valence-corrected chi connectivity index (χ4v) is 2.11. The van der Waals surface area contributed by atoms with E-state index in [-0.39, 0.29) is 10.8 Å². The van der Waals surface area contributed by atoms with Crippen LogP contribution in [0.25, 0.3) is 0 Å². The smallest absolute Gasteiger partial charge is 0.136 e. The van der Waals surface area contributed by atoms with Gasteiger partial charge in [-0.05, 0) is 45.4 Å². The molecule has 0 saturated carbocycles. The standard InChI is InChI=1S/C13H21NO2S/c1-10(14-17(15)13(2,3)4)11-6-8-12(16-5)9-7-11/h6-10,14H,1-5H3/t10?,17-/m1/s1. The van der Waals surface area contributed by atoms with E-state index in [0.717, 1.165) is 11.3 Å². The Kier molecular flexibility index (Phi) is 4.86. The first-order chi connectivity index (χ1) is 7.84. The largest absolute Gasteiger partial charge is 0.598 e. The quantitative estimate of drug-likeness (QED) is 0.841. The highest BCUT2D eigenvalue weighted by Gasteiger charge is 2.28. The summed E-state index contributed by atoms with van der Waals surface area (Å²) in [5, 5.41) is 0. The maximum Gasteiger partial charge on any atom is 0.136 e. The second kappa shape index (κ2) is 5.76. The number of hydrogen-bond donors (Lipinski definition) is 1. The van der Waals surface area contributed by atoms with E-state index in [1.165, 1.54) is 0 Å². The fraction of sp³-hybridized carbons (Fsp3) is 0.538. The minimum Gasteiger partial charge on any atom is -0.598 e. The number of ether oxygens (including phenoxy) is 1. The third-order valence-corrected chi connectivity index (χ3v) is 4.14. The van der Waals surface area contributed by atoms with Crippen molar-refractivity contribution >= 4 is 11.4 Å². The van der Waals surface area contributed by atoms with Crippen LogP contribution in [0.1, 0.15) is 39.3 Å². The van der Waals surface area contributed by atoms with Crippen LogP contribution in [-0.4, -0.2) is 16.4 Å². The van der Waals surface area contributed by atoms with Crippen molar-refractivity contribution in [2.45, 2.75) is 38.5 Å². The molecule has 1 aromatic rings. The van der Waals surface area contributed by atoms with Gasteiger partial charge in [0.25, 0.3) is 0 Å². The minimum atomic E-state index is -1.06. The van der Waals surface area contributed by atoms with Crippen LogP contribution in [0, 0.1) is 0 Å². The molecule has 0 aromatic heterocycles. The lowest BCUT2D eigenvalue weighted by Gasteiger charge is -2.26. The molecule has 3 nitrogen and oxygen atoms in total. The molecule has 4 heteroatoms. The molecule has 2 atom stereocenters. The van der Waals surface area contributed by atoms with E-state index in [2.05, 4.69) is 4.72 Å². The van der Waals surface area contributed by atoms with Crippen LogP contribution in [0.3, 0.4) is 0 Å². The molecule has 1 aromatic carbocycles. The van der Waals surface area contributed by atoms with Gasteiger partial charge in [-0.1, -0.05) is 12.1 Å². The van der Waals surface area contributed by atoms with Crippen molar-refractivity contribution in [3.63, 3.8) is 0 Å². The minimum absolute atomic E-state index is 0.0564. The Labute approximate surface area is 107 Å². The highest BCUT2D eigenvalue weighted by Crippen LogP contribution is 2.21. The zero-order chi connectivity index (χ0) is 13.1. The molecule has 0 saturated heterocycles. The highest BCUT2D eigenvalue weighted by atomic mass is 32.2. The number of rotatable bonds is 4. The first-order valence-corrected chi connectivity index (χ1v) is 6.81. The zero-order valence-electron chi connectivity index (χ0n) is 11.1. The Bertz CT molecular complexity index is 345. The average Bonchev–Trinajstić information content (AvgIpc) is 2.27. The fourth-order valence-electron chi connectivity index (χ4n) is 1.30. The lowest BCUT2D eigenvalue weighted by Crippen LogP contribution is -2.40. The third-order valence-electron chi connectivity index (χ3n) is 2.46. The van der Waals surface area contributed by atoms with Crippen molar-refractivity contribution < 1.29 is 9.29 Å². The van der Waals surface area contributed by atoms with E-state index in [4.69, 9.17) is 4.74 Å². The van der Waals surface area contributed by atoms with Gasteiger partial charge in [0.15, 0.2) is 0 Å². The van der Waals surface area contributed by atoms with Gasteiger partial charge in [-0.15, -0.1) is 4.72 Å². The molecule has 0 radical (unpaired) electrons. The third kappa shape index (κ3) is 4.22. The van der Waals surface area contributed by atoms with E-state index < -0.39 is 11.4 Å². The van der Waals surface area contributed by atoms with Crippen molar-refractivity contribution in [1.29, 1.82) is 0 Å². The predicted molar refractivity (Wildman–Crippen MR) is 72.4 cm³/mol. The summed E-state index contributed by atoms with van der Waals surface area (Å²) in [7, 11) is 1.64. The Hall–Kier alpha value is -0.710. The summed E-state index contributed by atoms with van der Waals surface area (Å²) in [6, 6.07) is 7.84. The molecule has 0 fully saturated rings. The van der Waals surface area contributed by atoms with Crippen molar-refractivity contribution in [3.05, 3.63) is 29.8 Å². The van der Waals surface area contributed by atoms with E-state index in [9.17, 15) is 4.55 Å². The van der Waals surface area contributed by atoms with Crippen LogP contribution in [0.2, 0.25) is 0 Å². The van der Waals surface area contributed by atoms with Gasteiger partial charge < -0.3 is 9.29 Å². The second-order valence-electron chi connectivity index (χ2n) is 4.99. The normalized spacial score (nSPS) is 15.4. The summed E-state index contributed by atoms with van der Waals surface area (Å²) in [4.78, 5) is 0. The Morgan fingerprint density at radius 1 is 1.24 bits per heavy atom. The summed E-state index contributed by atoms with van der Waals surface area (Å²) >= 11 is -1.06. The lowest BCUT2D eigenvalue weighted by atomic mass is 10.1. The van der Waals surface area contributed by atoms with Gasteiger partial charge in [0.1, 0.15) is 10.5 Å². The molecule has 0 aliphatic carbocycles. The molecule has 17 heavy (non-hydrogen) atoms. The number of methoxy groups -OCH3 is 1. The second-order valence-corrected chi connectivity index (χ2v) is 6.99. The molecule has 1 unspecified atom stereocenters. The van der Waals surface area contributed by atoms with Crippen molar-refractivity contribution in [1.82, 2.24) is 4.72 Å². The molecule has 1 N–H and O–H groups in total.